The molecule has 0 heterocycles. The van der Waals surface area contributed by atoms with Crippen molar-refractivity contribution in [2.24, 2.45) is 0 Å². The van der Waals surface area contributed by atoms with E-state index in [1.807, 2.05) is 0 Å². The van der Waals surface area contributed by atoms with Crippen molar-refractivity contribution in [2.75, 3.05) is 45.1 Å². The molecule has 0 unspecified atom stereocenters. The SMILES string of the molecule is COCC[N+]([O-])(CCCl)CCCl. The summed E-state index contributed by atoms with van der Waals surface area (Å²) in [5, 5.41) is 11.7. The molecule has 0 N–H and O–H groups in total. The molecule has 0 saturated carbocycles. The molecular weight excluding hydrogens is 201 g/mol. The Kier molecular flexibility index (Phi) is 7.19. The Morgan fingerprint density at radius 2 is 1.67 bits per heavy atom. The second-order valence-corrected chi connectivity index (χ2v) is 3.36. The van der Waals surface area contributed by atoms with Gasteiger partial charge in [-0.1, -0.05) is 0 Å². The third-order valence-corrected chi connectivity index (χ3v) is 2.03. The predicted molar refractivity (Wildman–Crippen MR) is 51.5 cm³/mol. The summed E-state index contributed by atoms with van der Waals surface area (Å²) in [5.74, 6) is 0.730. The van der Waals surface area contributed by atoms with Gasteiger partial charge in [-0.3, -0.25) is 0 Å². The number of ether oxygens (including phenoxy) is 1. The van der Waals surface area contributed by atoms with Crippen molar-refractivity contribution in [3.63, 3.8) is 0 Å². The quantitative estimate of drug-likeness (QED) is 0.366. The Hall–Kier alpha value is 0.460. The second-order valence-electron chi connectivity index (χ2n) is 2.60. The Bertz CT molecular complexity index is 108. The van der Waals surface area contributed by atoms with Gasteiger partial charge >= 0.3 is 0 Å². The molecule has 0 aromatic carbocycles. The van der Waals surface area contributed by atoms with Crippen molar-refractivity contribution >= 4 is 23.2 Å². The van der Waals surface area contributed by atoms with Crippen LogP contribution in [0.4, 0.5) is 0 Å². The number of methoxy groups -OCH3 is 1. The van der Waals surface area contributed by atoms with Crippen LogP contribution in [-0.4, -0.2) is 49.8 Å². The zero-order valence-corrected chi connectivity index (χ0v) is 8.77. The fraction of sp³-hybridized carbons (Fsp3) is 1.00. The number of hydroxylamine groups is 3. The topological polar surface area (TPSA) is 32.3 Å². The summed E-state index contributed by atoms with van der Waals surface area (Å²) >= 11 is 11.0. The van der Waals surface area contributed by atoms with Crippen LogP contribution in [0.2, 0.25) is 0 Å². The molecule has 74 valence electrons. The molecule has 0 rings (SSSR count). The lowest BCUT2D eigenvalue weighted by Crippen LogP contribution is -2.47. The zero-order chi connectivity index (χ0) is 9.45. The van der Waals surface area contributed by atoms with Crippen LogP contribution < -0.4 is 0 Å². The maximum Gasteiger partial charge on any atom is 0.102 e. The van der Waals surface area contributed by atoms with Crippen LogP contribution in [-0.2, 0) is 4.74 Å². The molecule has 0 radical (unpaired) electrons. The van der Waals surface area contributed by atoms with Crippen LogP contribution in [0.5, 0.6) is 0 Å². The van der Waals surface area contributed by atoms with Gasteiger partial charge in [0.1, 0.15) is 6.54 Å². The summed E-state index contributed by atoms with van der Waals surface area (Å²) in [6.07, 6.45) is 0. The lowest BCUT2D eigenvalue weighted by Gasteiger charge is -2.41. The average molecular weight is 216 g/mol. The molecule has 0 amide bonds. The molecule has 0 spiro atoms. The minimum atomic E-state index is -0.346. The molecule has 0 aromatic rings. The van der Waals surface area contributed by atoms with Crippen LogP contribution in [0.3, 0.4) is 0 Å². The van der Waals surface area contributed by atoms with Gasteiger partial charge in [-0.25, -0.2) is 0 Å². The molecule has 5 heteroatoms. The molecule has 0 aliphatic rings. The van der Waals surface area contributed by atoms with E-state index in [0.29, 0.717) is 38.0 Å². The van der Waals surface area contributed by atoms with E-state index in [-0.39, 0.29) is 4.65 Å². The Morgan fingerprint density at radius 3 is 2.00 bits per heavy atom. The summed E-state index contributed by atoms with van der Waals surface area (Å²) in [6, 6.07) is 0. The van der Waals surface area contributed by atoms with E-state index in [0.717, 1.165) is 0 Å². The highest BCUT2D eigenvalue weighted by Crippen LogP contribution is 2.05. The fourth-order valence-corrected chi connectivity index (χ4v) is 1.52. The van der Waals surface area contributed by atoms with E-state index in [1.165, 1.54) is 0 Å². The minimum Gasteiger partial charge on any atom is -0.633 e. The fourth-order valence-electron chi connectivity index (χ4n) is 0.901. The third-order valence-electron chi connectivity index (χ3n) is 1.69. The summed E-state index contributed by atoms with van der Waals surface area (Å²) in [4.78, 5) is 0. The Balaban J connectivity index is 3.80. The van der Waals surface area contributed by atoms with Crippen LogP contribution in [0.15, 0.2) is 0 Å². The molecule has 0 saturated heterocycles. The van der Waals surface area contributed by atoms with Crippen molar-refractivity contribution < 1.29 is 9.38 Å². The normalized spacial score (nSPS) is 12.0. The number of alkyl halides is 2. The lowest BCUT2D eigenvalue weighted by molar-refractivity contribution is -0.876. The molecule has 0 aliphatic carbocycles. The maximum atomic E-state index is 11.7. The van der Waals surface area contributed by atoms with E-state index in [2.05, 4.69) is 0 Å². The molecule has 12 heavy (non-hydrogen) atoms. The average Bonchev–Trinajstić information content (AvgIpc) is 2.02. The number of quaternary nitrogens is 1. The minimum absolute atomic E-state index is 0.346. The zero-order valence-electron chi connectivity index (χ0n) is 7.26. The van der Waals surface area contributed by atoms with E-state index >= 15 is 0 Å². The maximum absolute atomic E-state index is 11.7. The van der Waals surface area contributed by atoms with Gasteiger partial charge in [0.15, 0.2) is 0 Å². The van der Waals surface area contributed by atoms with Gasteiger partial charge in [0, 0.05) is 7.11 Å². The van der Waals surface area contributed by atoms with Crippen LogP contribution >= 0.6 is 23.2 Å². The van der Waals surface area contributed by atoms with Crippen molar-refractivity contribution in [1.82, 2.24) is 0 Å². The number of halogens is 2. The van der Waals surface area contributed by atoms with E-state index in [9.17, 15) is 5.21 Å². The highest BCUT2D eigenvalue weighted by Gasteiger charge is 2.14. The molecule has 0 fully saturated rings. The van der Waals surface area contributed by atoms with Gasteiger partial charge in [0.2, 0.25) is 0 Å². The predicted octanol–water partition coefficient (Wildman–Crippen LogP) is 1.43. The summed E-state index contributed by atoms with van der Waals surface area (Å²) < 4.78 is 4.48. The van der Waals surface area contributed by atoms with Gasteiger partial charge in [0.25, 0.3) is 0 Å². The number of nitrogens with zero attached hydrogens (tertiary/aromatic N) is 1. The van der Waals surface area contributed by atoms with E-state index < -0.39 is 0 Å². The monoisotopic (exact) mass is 215 g/mol. The summed E-state index contributed by atoms with van der Waals surface area (Å²) in [6.45, 7) is 1.68. The molecule has 0 atom stereocenters. The Morgan fingerprint density at radius 1 is 1.17 bits per heavy atom. The van der Waals surface area contributed by atoms with Gasteiger partial charge in [-0.05, 0) is 0 Å². The summed E-state index contributed by atoms with van der Waals surface area (Å²) in [5.41, 5.74) is 0. The van der Waals surface area contributed by atoms with E-state index in [1.54, 1.807) is 7.11 Å². The highest BCUT2D eigenvalue weighted by atomic mass is 35.5. The largest absolute Gasteiger partial charge is 0.633 e. The number of hydrogen-bond acceptors (Lipinski definition) is 2. The second kappa shape index (κ2) is 6.92. The first kappa shape index (κ1) is 12.5. The first-order chi connectivity index (χ1) is 5.68. The lowest BCUT2D eigenvalue weighted by atomic mass is 10.4. The van der Waals surface area contributed by atoms with E-state index in [4.69, 9.17) is 27.9 Å². The van der Waals surface area contributed by atoms with Crippen LogP contribution in [0.1, 0.15) is 0 Å². The van der Waals surface area contributed by atoms with Gasteiger partial charge in [-0.15, -0.1) is 23.2 Å². The first-order valence-electron chi connectivity index (χ1n) is 3.86. The molecular formula is C7H15Cl2NO2. The van der Waals surface area contributed by atoms with Crippen molar-refractivity contribution in [1.29, 1.82) is 0 Å². The standard InChI is InChI=1S/C7H15Cl2NO2/c1-12-7-6-10(11,4-2-8)5-3-9/h2-7H2,1H3. The van der Waals surface area contributed by atoms with Gasteiger partial charge in [0.05, 0.1) is 31.5 Å². The van der Waals surface area contributed by atoms with Crippen LogP contribution in [0, 0.1) is 5.21 Å². The highest BCUT2D eigenvalue weighted by molar-refractivity contribution is 6.18. The van der Waals surface area contributed by atoms with Crippen molar-refractivity contribution in [3.8, 4) is 0 Å². The van der Waals surface area contributed by atoms with Crippen molar-refractivity contribution in [2.45, 2.75) is 0 Å². The molecule has 0 bridgehead atoms. The Labute approximate surface area is 83.4 Å². The number of hydrogen-bond donors (Lipinski definition) is 0. The molecule has 0 aliphatic heterocycles. The summed E-state index contributed by atoms with van der Waals surface area (Å²) in [7, 11) is 1.58. The van der Waals surface area contributed by atoms with Crippen LogP contribution in [0.25, 0.3) is 0 Å². The van der Waals surface area contributed by atoms with Crippen molar-refractivity contribution in [3.05, 3.63) is 5.21 Å². The van der Waals surface area contributed by atoms with Gasteiger partial charge in [-0.2, -0.15) is 0 Å². The molecule has 3 nitrogen and oxygen atoms in total. The first-order valence-corrected chi connectivity index (χ1v) is 4.93. The molecule has 0 aromatic heterocycles. The third kappa shape index (κ3) is 5.17. The van der Waals surface area contributed by atoms with Gasteiger partial charge < -0.3 is 14.6 Å². The smallest absolute Gasteiger partial charge is 0.102 e. The number of rotatable bonds is 7.